The van der Waals surface area contributed by atoms with Gasteiger partial charge in [0.15, 0.2) is 0 Å². The third-order valence-corrected chi connectivity index (χ3v) is 2.56. The molecule has 80 valence electrons. The van der Waals surface area contributed by atoms with Gasteiger partial charge in [-0.3, -0.25) is 0 Å². The fraction of sp³-hybridized carbons (Fsp3) is 0.182. The van der Waals surface area contributed by atoms with Crippen LogP contribution in [0.4, 0.5) is 10.5 Å². The van der Waals surface area contributed by atoms with Gasteiger partial charge in [0.1, 0.15) is 0 Å². The van der Waals surface area contributed by atoms with E-state index < -0.39 is 0 Å². The Balaban J connectivity index is 2.63. The van der Waals surface area contributed by atoms with Gasteiger partial charge in [0, 0.05) is 11.4 Å². The number of urea groups is 1. The van der Waals surface area contributed by atoms with E-state index in [0.29, 0.717) is 6.54 Å². The molecular formula is C11H14N2OS. The second-order valence-electron chi connectivity index (χ2n) is 2.82. The predicted molar refractivity (Wildman–Crippen MR) is 65.4 cm³/mol. The van der Waals surface area contributed by atoms with Crippen molar-refractivity contribution in [2.24, 2.45) is 0 Å². The number of amides is 2. The summed E-state index contributed by atoms with van der Waals surface area (Å²) < 4.78 is 0. The topological polar surface area (TPSA) is 41.1 Å². The second kappa shape index (κ2) is 6.14. The minimum absolute atomic E-state index is 0.212. The second-order valence-corrected chi connectivity index (χ2v) is 3.67. The smallest absolute Gasteiger partial charge is 0.319 e. The summed E-state index contributed by atoms with van der Waals surface area (Å²) in [4.78, 5) is 12.4. The molecule has 0 aromatic heterocycles. The van der Waals surface area contributed by atoms with E-state index in [4.69, 9.17) is 0 Å². The summed E-state index contributed by atoms with van der Waals surface area (Å²) in [6.07, 6.45) is 3.61. The van der Waals surface area contributed by atoms with E-state index in [2.05, 4.69) is 17.2 Å². The first-order valence-corrected chi connectivity index (χ1v) is 5.79. The first kappa shape index (κ1) is 11.7. The minimum atomic E-state index is -0.212. The lowest BCUT2D eigenvalue weighted by Gasteiger charge is -2.09. The van der Waals surface area contributed by atoms with Crippen LogP contribution in [0.2, 0.25) is 0 Å². The molecule has 0 atom stereocenters. The molecule has 1 aromatic carbocycles. The third kappa shape index (κ3) is 3.67. The van der Waals surface area contributed by atoms with E-state index >= 15 is 0 Å². The summed E-state index contributed by atoms with van der Waals surface area (Å²) in [6.45, 7) is 3.99. The number of carbonyl (C=O) groups excluding carboxylic acids is 1. The van der Waals surface area contributed by atoms with Crippen molar-refractivity contribution < 1.29 is 4.79 Å². The van der Waals surface area contributed by atoms with Gasteiger partial charge in [-0.2, -0.15) is 0 Å². The number of thioether (sulfide) groups is 1. The molecule has 0 saturated heterocycles. The highest BCUT2D eigenvalue weighted by molar-refractivity contribution is 7.98. The van der Waals surface area contributed by atoms with Crippen molar-refractivity contribution in [3.05, 3.63) is 36.9 Å². The lowest BCUT2D eigenvalue weighted by atomic mass is 10.3. The van der Waals surface area contributed by atoms with Crippen LogP contribution in [0.15, 0.2) is 41.8 Å². The number of hydrogen-bond acceptors (Lipinski definition) is 2. The first-order chi connectivity index (χ1) is 7.27. The Morgan fingerprint density at radius 3 is 2.93 bits per heavy atom. The van der Waals surface area contributed by atoms with Crippen LogP contribution in [-0.4, -0.2) is 18.8 Å². The molecule has 0 aliphatic carbocycles. The monoisotopic (exact) mass is 222 g/mol. The predicted octanol–water partition coefficient (Wildman–Crippen LogP) is 2.72. The Labute approximate surface area is 94.0 Å². The molecule has 3 nitrogen and oxygen atoms in total. The Hall–Kier alpha value is -1.42. The molecule has 0 fully saturated rings. The number of hydrogen-bond donors (Lipinski definition) is 2. The summed E-state index contributed by atoms with van der Waals surface area (Å²) in [5.74, 6) is 0. The molecule has 0 bridgehead atoms. The molecular weight excluding hydrogens is 208 g/mol. The van der Waals surface area contributed by atoms with Crippen molar-refractivity contribution in [1.29, 1.82) is 0 Å². The van der Waals surface area contributed by atoms with Crippen molar-refractivity contribution in [3.8, 4) is 0 Å². The highest BCUT2D eigenvalue weighted by Gasteiger charge is 2.03. The van der Waals surface area contributed by atoms with Gasteiger partial charge in [-0.1, -0.05) is 18.2 Å². The van der Waals surface area contributed by atoms with E-state index in [1.165, 1.54) is 0 Å². The number of para-hydroxylation sites is 1. The van der Waals surface area contributed by atoms with Crippen LogP contribution < -0.4 is 10.6 Å². The normalized spacial score (nSPS) is 9.40. The zero-order valence-corrected chi connectivity index (χ0v) is 9.43. The summed E-state index contributed by atoms with van der Waals surface area (Å²) in [5.41, 5.74) is 0.826. The van der Waals surface area contributed by atoms with Crippen LogP contribution in [0, 0.1) is 0 Å². The number of rotatable bonds is 4. The molecule has 0 aliphatic heterocycles. The maximum atomic E-state index is 11.4. The maximum Gasteiger partial charge on any atom is 0.319 e. The average Bonchev–Trinajstić information content (AvgIpc) is 2.27. The highest BCUT2D eigenvalue weighted by Crippen LogP contribution is 2.24. The zero-order valence-electron chi connectivity index (χ0n) is 8.62. The molecule has 0 spiro atoms. The van der Waals surface area contributed by atoms with Crippen LogP contribution in [0.3, 0.4) is 0 Å². The Kier molecular flexibility index (Phi) is 4.77. The van der Waals surface area contributed by atoms with Crippen molar-refractivity contribution in [2.45, 2.75) is 4.90 Å². The van der Waals surface area contributed by atoms with E-state index in [0.717, 1.165) is 10.6 Å². The molecule has 0 aliphatic rings. The molecule has 1 aromatic rings. The number of carbonyl (C=O) groups is 1. The van der Waals surface area contributed by atoms with Gasteiger partial charge in [-0.25, -0.2) is 4.79 Å². The Morgan fingerprint density at radius 1 is 1.53 bits per heavy atom. The van der Waals surface area contributed by atoms with Gasteiger partial charge < -0.3 is 10.6 Å². The SMILES string of the molecule is C=CCNC(=O)Nc1ccccc1SC. The lowest BCUT2D eigenvalue weighted by molar-refractivity contribution is 0.253. The lowest BCUT2D eigenvalue weighted by Crippen LogP contribution is -2.28. The van der Waals surface area contributed by atoms with Gasteiger partial charge in [0.25, 0.3) is 0 Å². The maximum absolute atomic E-state index is 11.4. The third-order valence-electron chi connectivity index (χ3n) is 1.76. The quantitative estimate of drug-likeness (QED) is 0.607. The van der Waals surface area contributed by atoms with E-state index in [-0.39, 0.29) is 6.03 Å². The van der Waals surface area contributed by atoms with Gasteiger partial charge in [0.05, 0.1) is 5.69 Å². The summed E-state index contributed by atoms with van der Waals surface area (Å²) >= 11 is 1.60. The fourth-order valence-corrected chi connectivity index (χ4v) is 1.63. The number of benzene rings is 1. The first-order valence-electron chi connectivity index (χ1n) is 4.56. The van der Waals surface area contributed by atoms with E-state index in [1.807, 2.05) is 30.5 Å². The van der Waals surface area contributed by atoms with Crippen LogP contribution >= 0.6 is 11.8 Å². The van der Waals surface area contributed by atoms with Gasteiger partial charge in [-0.15, -0.1) is 18.3 Å². The van der Waals surface area contributed by atoms with Crippen LogP contribution in [0.25, 0.3) is 0 Å². The van der Waals surface area contributed by atoms with Crippen molar-refractivity contribution in [1.82, 2.24) is 5.32 Å². The fourth-order valence-electron chi connectivity index (χ4n) is 1.08. The average molecular weight is 222 g/mol. The summed E-state index contributed by atoms with van der Waals surface area (Å²) in [5, 5.41) is 5.43. The Morgan fingerprint density at radius 2 is 2.27 bits per heavy atom. The molecule has 1 rings (SSSR count). The standard InChI is InChI=1S/C11H14N2OS/c1-3-8-12-11(14)13-9-6-4-5-7-10(9)15-2/h3-7H,1,8H2,2H3,(H2,12,13,14). The molecule has 0 heterocycles. The molecule has 0 unspecified atom stereocenters. The Bertz CT molecular complexity index is 352. The van der Waals surface area contributed by atoms with Gasteiger partial charge in [-0.05, 0) is 18.4 Å². The zero-order chi connectivity index (χ0) is 11.1. The van der Waals surface area contributed by atoms with Crippen molar-refractivity contribution in [3.63, 3.8) is 0 Å². The molecule has 2 amide bonds. The van der Waals surface area contributed by atoms with Crippen molar-refractivity contribution in [2.75, 3.05) is 18.1 Å². The highest BCUT2D eigenvalue weighted by atomic mass is 32.2. The van der Waals surface area contributed by atoms with Crippen LogP contribution in [0.5, 0.6) is 0 Å². The van der Waals surface area contributed by atoms with Crippen molar-refractivity contribution >= 4 is 23.5 Å². The molecule has 15 heavy (non-hydrogen) atoms. The number of nitrogens with one attached hydrogen (secondary N) is 2. The van der Waals surface area contributed by atoms with Gasteiger partial charge >= 0.3 is 6.03 Å². The molecule has 4 heteroatoms. The summed E-state index contributed by atoms with van der Waals surface area (Å²) in [7, 11) is 0. The molecule has 0 saturated carbocycles. The molecule has 2 N–H and O–H groups in total. The van der Waals surface area contributed by atoms with E-state index in [9.17, 15) is 4.79 Å². The molecule has 0 radical (unpaired) electrons. The minimum Gasteiger partial charge on any atom is -0.334 e. The number of anilines is 1. The summed E-state index contributed by atoms with van der Waals surface area (Å²) in [6, 6.07) is 7.46. The van der Waals surface area contributed by atoms with Crippen LogP contribution in [-0.2, 0) is 0 Å². The van der Waals surface area contributed by atoms with E-state index in [1.54, 1.807) is 17.8 Å². The largest absolute Gasteiger partial charge is 0.334 e. The van der Waals surface area contributed by atoms with Crippen LogP contribution in [0.1, 0.15) is 0 Å². The van der Waals surface area contributed by atoms with Gasteiger partial charge in [0.2, 0.25) is 0 Å².